The summed E-state index contributed by atoms with van der Waals surface area (Å²) >= 11 is 17.8. The Kier molecular flexibility index (Phi) is 10.4. The molecule has 0 saturated heterocycles. The van der Waals surface area contributed by atoms with Crippen molar-refractivity contribution in [3.63, 3.8) is 0 Å². The Morgan fingerprint density at radius 1 is 0.931 bits per heavy atom. The summed E-state index contributed by atoms with van der Waals surface area (Å²) in [4.78, 5) is 22.5. The van der Waals surface area contributed by atoms with Crippen LogP contribution in [0.3, 0.4) is 0 Å². The number of hydrazine groups is 2. The summed E-state index contributed by atoms with van der Waals surface area (Å²) in [6, 6.07) is 3.08. The number of carbonyl (C=O) groups excluding carboxylic acids is 2. The number of ether oxygens (including phenoxy) is 2. The van der Waals surface area contributed by atoms with Gasteiger partial charge in [0.25, 0.3) is 0 Å². The number of rotatable bonds is 2. The molecule has 0 radical (unpaired) electrons. The van der Waals surface area contributed by atoms with Crippen molar-refractivity contribution in [2.75, 3.05) is 19.5 Å². The molecule has 1 rings (SSSR count). The van der Waals surface area contributed by atoms with Crippen molar-refractivity contribution in [3.05, 3.63) is 27.2 Å². The molecule has 29 heavy (non-hydrogen) atoms. The third-order valence-corrected chi connectivity index (χ3v) is 3.65. The Morgan fingerprint density at radius 3 is 1.76 bits per heavy atom. The fraction of sp³-hybridized carbons (Fsp3) is 0.556. The van der Waals surface area contributed by atoms with Gasteiger partial charge in [-0.05, 0) is 53.7 Å². The predicted molar refractivity (Wildman–Crippen MR) is 117 cm³/mol. The van der Waals surface area contributed by atoms with E-state index in [4.69, 9.17) is 50.1 Å². The first-order valence-corrected chi connectivity index (χ1v) is 9.65. The second kappa shape index (κ2) is 11.0. The number of hydrogen-bond acceptors (Lipinski definition) is 6. The van der Waals surface area contributed by atoms with Crippen molar-refractivity contribution in [2.45, 2.75) is 52.7 Å². The van der Waals surface area contributed by atoms with Gasteiger partial charge in [0.05, 0.1) is 15.7 Å². The Morgan fingerprint density at radius 2 is 1.38 bits per heavy atom. The topological polar surface area (TPSA) is 97.1 Å². The molecule has 0 fully saturated rings. The zero-order valence-electron chi connectivity index (χ0n) is 17.9. The summed E-state index contributed by atoms with van der Waals surface area (Å²) in [7, 11) is 2.95. The highest BCUT2D eigenvalue weighted by molar-refractivity contribution is 6.45. The summed E-state index contributed by atoms with van der Waals surface area (Å²) in [5.41, 5.74) is 2.15. The minimum absolute atomic E-state index is 0.279. The van der Waals surface area contributed by atoms with E-state index in [0.29, 0.717) is 15.7 Å². The lowest BCUT2D eigenvalue weighted by molar-refractivity contribution is 0.0295. The monoisotopic (exact) mass is 470 g/mol. The average Bonchev–Trinajstić information content (AvgIpc) is 2.49. The molecule has 0 aliphatic heterocycles. The number of halogens is 3. The molecular formula is C18H29Cl3N4O4. The highest BCUT2D eigenvalue weighted by Crippen LogP contribution is 2.33. The smallest absolute Gasteiger partial charge is 0.428 e. The number of amides is 2. The lowest BCUT2D eigenvalue weighted by Crippen LogP contribution is -2.38. The summed E-state index contributed by atoms with van der Waals surface area (Å²) in [6.07, 6.45) is -1.06. The minimum atomic E-state index is -0.581. The highest BCUT2D eigenvalue weighted by atomic mass is 35.5. The summed E-state index contributed by atoms with van der Waals surface area (Å²) < 4.78 is 10.0. The fourth-order valence-corrected chi connectivity index (χ4v) is 2.17. The van der Waals surface area contributed by atoms with Crippen LogP contribution >= 0.6 is 34.8 Å². The Balaban J connectivity index is 0.000000665. The van der Waals surface area contributed by atoms with Gasteiger partial charge >= 0.3 is 12.2 Å². The van der Waals surface area contributed by atoms with E-state index in [-0.39, 0.29) is 5.02 Å². The van der Waals surface area contributed by atoms with Gasteiger partial charge in [0.15, 0.2) is 0 Å². The van der Waals surface area contributed by atoms with Crippen LogP contribution in [0.15, 0.2) is 12.1 Å². The molecule has 0 bridgehead atoms. The molecule has 0 atom stereocenters. The van der Waals surface area contributed by atoms with E-state index >= 15 is 0 Å². The van der Waals surface area contributed by atoms with Gasteiger partial charge in [-0.1, -0.05) is 34.8 Å². The fourth-order valence-electron chi connectivity index (χ4n) is 1.53. The van der Waals surface area contributed by atoms with Gasteiger partial charge in [-0.3, -0.25) is 5.43 Å². The van der Waals surface area contributed by atoms with Crippen LogP contribution in [-0.2, 0) is 9.47 Å². The zero-order valence-corrected chi connectivity index (χ0v) is 20.2. The van der Waals surface area contributed by atoms with Crippen LogP contribution < -0.4 is 11.3 Å². The summed E-state index contributed by atoms with van der Waals surface area (Å²) in [6.45, 7) is 10.7. The molecule has 166 valence electrons. The van der Waals surface area contributed by atoms with Crippen molar-refractivity contribution >= 4 is 52.7 Å². The molecule has 0 aliphatic rings. The van der Waals surface area contributed by atoms with E-state index < -0.39 is 23.4 Å². The van der Waals surface area contributed by atoms with E-state index in [0.717, 1.165) is 5.01 Å². The lowest BCUT2D eigenvalue weighted by Gasteiger charge is -2.25. The molecular weight excluding hydrogens is 443 g/mol. The number of carbonyl (C=O) groups is 2. The molecule has 0 saturated carbocycles. The van der Waals surface area contributed by atoms with Crippen LogP contribution in [0.25, 0.3) is 0 Å². The number of nitrogens with zero attached hydrogens (tertiary/aromatic N) is 2. The SMILES string of the molecule is CN(N)C(=O)OC(C)(C)C.CN(Nc1cc(Cl)cc(Cl)c1Cl)C(=O)OC(C)(C)C. The van der Waals surface area contributed by atoms with Crippen LogP contribution in [-0.4, -0.2) is 47.5 Å². The van der Waals surface area contributed by atoms with Crippen LogP contribution in [0.2, 0.25) is 15.1 Å². The van der Waals surface area contributed by atoms with Crippen molar-refractivity contribution in [1.82, 2.24) is 10.0 Å². The minimum Gasteiger partial charge on any atom is -0.443 e. The van der Waals surface area contributed by atoms with Crippen molar-refractivity contribution in [1.29, 1.82) is 0 Å². The molecule has 0 aromatic heterocycles. The number of benzene rings is 1. The normalized spacial score (nSPS) is 11.0. The van der Waals surface area contributed by atoms with Crippen LogP contribution in [0.5, 0.6) is 0 Å². The van der Waals surface area contributed by atoms with Crippen molar-refractivity contribution in [2.24, 2.45) is 5.84 Å². The molecule has 3 N–H and O–H groups in total. The van der Waals surface area contributed by atoms with Crippen molar-refractivity contribution < 1.29 is 19.1 Å². The third kappa shape index (κ3) is 11.9. The lowest BCUT2D eigenvalue weighted by atomic mass is 10.2. The number of nitrogens with one attached hydrogen (secondary N) is 1. The average molecular weight is 472 g/mol. The molecule has 1 aromatic rings. The third-order valence-electron chi connectivity index (χ3n) is 2.63. The van der Waals surface area contributed by atoms with Crippen LogP contribution in [0, 0.1) is 0 Å². The summed E-state index contributed by atoms with van der Waals surface area (Å²) in [5.74, 6) is 5.10. The highest BCUT2D eigenvalue weighted by Gasteiger charge is 2.20. The molecule has 0 unspecified atom stereocenters. The van der Waals surface area contributed by atoms with Gasteiger partial charge < -0.3 is 9.47 Å². The standard InChI is InChI=1S/C12H15Cl3N2O2.C6H14N2O2/c1-12(2,3)19-11(18)17(4)16-9-6-7(13)5-8(14)10(9)15;1-6(2,3)10-5(9)8(4)7/h5-6,16H,1-4H3;7H2,1-4H3. The van der Waals surface area contributed by atoms with Crippen LogP contribution in [0.1, 0.15) is 41.5 Å². The maximum absolute atomic E-state index is 11.8. The number of anilines is 1. The van der Waals surface area contributed by atoms with E-state index in [1.54, 1.807) is 47.6 Å². The predicted octanol–water partition coefficient (Wildman–Crippen LogP) is 5.57. The maximum Gasteiger partial charge on any atom is 0.428 e. The van der Waals surface area contributed by atoms with E-state index in [2.05, 4.69) is 5.43 Å². The Hall–Kier alpha value is -1.61. The molecule has 11 heteroatoms. The van der Waals surface area contributed by atoms with Crippen molar-refractivity contribution in [3.8, 4) is 0 Å². The Labute approximate surface area is 187 Å². The van der Waals surface area contributed by atoms with E-state index in [1.165, 1.54) is 25.2 Å². The first kappa shape index (κ1) is 27.4. The quantitative estimate of drug-likeness (QED) is 0.253. The summed E-state index contributed by atoms with van der Waals surface area (Å²) in [5, 5.41) is 3.06. The number of hydrogen-bond donors (Lipinski definition) is 2. The largest absolute Gasteiger partial charge is 0.443 e. The van der Waals surface area contributed by atoms with Gasteiger partial charge in [-0.15, -0.1) is 0 Å². The van der Waals surface area contributed by atoms with Gasteiger partial charge in [-0.25, -0.2) is 25.4 Å². The van der Waals surface area contributed by atoms with Gasteiger partial charge in [-0.2, -0.15) is 0 Å². The Bertz CT molecular complexity index is 716. The maximum atomic E-state index is 11.8. The number of nitrogens with two attached hydrogens (primary N) is 1. The molecule has 1 aromatic carbocycles. The first-order valence-electron chi connectivity index (χ1n) is 8.52. The van der Waals surface area contributed by atoms with E-state index in [9.17, 15) is 9.59 Å². The van der Waals surface area contributed by atoms with Gasteiger partial charge in [0, 0.05) is 19.1 Å². The molecule has 0 heterocycles. The molecule has 0 aliphatic carbocycles. The van der Waals surface area contributed by atoms with E-state index in [1.807, 2.05) is 0 Å². The second-order valence-electron chi connectivity index (χ2n) is 7.99. The molecule has 0 spiro atoms. The molecule has 8 nitrogen and oxygen atoms in total. The van der Waals surface area contributed by atoms with Crippen LogP contribution in [0.4, 0.5) is 15.3 Å². The zero-order chi connectivity index (χ0) is 23.2. The second-order valence-corrected chi connectivity index (χ2v) is 9.21. The molecule has 2 amide bonds. The van der Waals surface area contributed by atoms with Gasteiger partial charge in [0.1, 0.15) is 11.2 Å². The van der Waals surface area contributed by atoms with Gasteiger partial charge in [0.2, 0.25) is 0 Å². The first-order chi connectivity index (χ1) is 12.9.